The van der Waals surface area contributed by atoms with Gasteiger partial charge in [0, 0.05) is 5.02 Å². The second kappa shape index (κ2) is 4.25. The first-order valence-electron chi connectivity index (χ1n) is 3.74. The zero-order valence-corrected chi connectivity index (χ0v) is 7.91. The van der Waals surface area contributed by atoms with Gasteiger partial charge in [0.15, 0.2) is 0 Å². The zero-order valence-electron chi connectivity index (χ0n) is 7.16. The topological polar surface area (TPSA) is 52.3 Å². The molecule has 1 rings (SSSR count). The Bertz CT molecular complexity index is 314. The van der Waals surface area contributed by atoms with Gasteiger partial charge in [-0.3, -0.25) is 4.79 Å². The molecule has 1 aromatic rings. The Morgan fingerprint density at radius 1 is 1.54 bits per heavy atom. The molecule has 0 fully saturated rings. The maximum atomic E-state index is 11.1. The number of carbonyl (C=O) groups is 1. The predicted octanol–water partition coefficient (Wildman–Crippen LogP) is 1.51. The largest absolute Gasteiger partial charge is 0.468 e. The molecule has 0 unspecified atom stereocenters. The molecule has 1 aromatic carbocycles. The second-order valence-electron chi connectivity index (χ2n) is 2.52. The fraction of sp³-hybridized carbons (Fsp3) is 0.222. The molecule has 0 spiro atoms. The molecule has 1 atom stereocenters. The molecule has 3 nitrogen and oxygen atoms in total. The fourth-order valence-corrected chi connectivity index (χ4v) is 1.23. The molecule has 0 heterocycles. The van der Waals surface area contributed by atoms with Crippen molar-refractivity contribution in [3.05, 3.63) is 34.9 Å². The third-order valence-electron chi connectivity index (χ3n) is 1.70. The Balaban J connectivity index is 2.95. The average molecular weight is 200 g/mol. The second-order valence-corrected chi connectivity index (χ2v) is 2.93. The number of ether oxygens (including phenoxy) is 1. The summed E-state index contributed by atoms with van der Waals surface area (Å²) >= 11 is 5.83. The molecule has 13 heavy (non-hydrogen) atoms. The molecule has 4 heteroatoms. The SMILES string of the molecule is COC(=O)[C@H](N)c1ccccc1Cl. The zero-order chi connectivity index (χ0) is 9.84. The Morgan fingerprint density at radius 3 is 2.69 bits per heavy atom. The van der Waals surface area contributed by atoms with Crippen molar-refractivity contribution in [1.29, 1.82) is 0 Å². The molecule has 0 aliphatic heterocycles. The van der Waals surface area contributed by atoms with Gasteiger partial charge in [-0.2, -0.15) is 0 Å². The van der Waals surface area contributed by atoms with Crippen LogP contribution in [0.3, 0.4) is 0 Å². The van der Waals surface area contributed by atoms with E-state index in [4.69, 9.17) is 17.3 Å². The summed E-state index contributed by atoms with van der Waals surface area (Å²) in [5, 5.41) is 0.473. The number of hydrogen-bond donors (Lipinski definition) is 1. The van der Waals surface area contributed by atoms with Gasteiger partial charge >= 0.3 is 5.97 Å². The molecule has 2 N–H and O–H groups in total. The number of rotatable bonds is 2. The summed E-state index contributed by atoms with van der Waals surface area (Å²) in [6.45, 7) is 0. The van der Waals surface area contributed by atoms with Crippen molar-refractivity contribution in [3.8, 4) is 0 Å². The third-order valence-corrected chi connectivity index (χ3v) is 2.04. The van der Waals surface area contributed by atoms with E-state index >= 15 is 0 Å². The number of hydrogen-bond acceptors (Lipinski definition) is 3. The van der Waals surface area contributed by atoms with Gasteiger partial charge in [0.25, 0.3) is 0 Å². The highest BCUT2D eigenvalue weighted by Gasteiger charge is 2.17. The van der Waals surface area contributed by atoms with Gasteiger partial charge in [-0.15, -0.1) is 0 Å². The normalized spacial score (nSPS) is 12.2. The van der Waals surface area contributed by atoms with Gasteiger partial charge in [0.1, 0.15) is 6.04 Å². The minimum absolute atomic E-state index is 0.473. The van der Waals surface area contributed by atoms with E-state index in [1.807, 2.05) is 0 Å². The van der Waals surface area contributed by atoms with Gasteiger partial charge in [0.05, 0.1) is 7.11 Å². The van der Waals surface area contributed by atoms with E-state index in [0.717, 1.165) is 0 Å². The van der Waals surface area contributed by atoms with Gasteiger partial charge in [-0.1, -0.05) is 29.8 Å². The van der Waals surface area contributed by atoms with Gasteiger partial charge < -0.3 is 10.5 Å². The van der Waals surface area contributed by atoms with Crippen LogP contribution in [0.4, 0.5) is 0 Å². The van der Waals surface area contributed by atoms with E-state index in [-0.39, 0.29) is 0 Å². The Morgan fingerprint density at radius 2 is 2.15 bits per heavy atom. The van der Waals surface area contributed by atoms with Crippen molar-refractivity contribution in [3.63, 3.8) is 0 Å². The quantitative estimate of drug-likeness (QED) is 0.735. The van der Waals surface area contributed by atoms with Crippen LogP contribution in [0.2, 0.25) is 5.02 Å². The molecule has 0 amide bonds. The third kappa shape index (κ3) is 2.20. The number of benzene rings is 1. The lowest BCUT2D eigenvalue weighted by Crippen LogP contribution is -2.22. The van der Waals surface area contributed by atoms with Crippen LogP contribution < -0.4 is 5.73 Å². The standard InChI is InChI=1S/C9H10ClNO2/c1-13-9(12)8(11)6-4-2-3-5-7(6)10/h2-5,8H,11H2,1H3/t8-/m1/s1. The Hall–Kier alpha value is -1.06. The number of methoxy groups -OCH3 is 1. The molecule has 0 saturated carbocycles. The smallest absolute Gasteiger partial charge is 0.327 e. The maximum Gasteiger partial charge on any atom is 0.327 e. The summed E-state index contributed by atoms with van der Waals surface area (Å²) < 4.78 is 4.50. The lowest BCUT2D eigenvalue weighted by atomic mass is 10.1. The van der Waals surface area contributed by atoms with Crippen LogP contribution in [0.25, 0.3) is 0 Å². The van der Waals surface area contributed by atoms with Crippen molar-refractivity contribution >= 4 is 17.6 Å². The van der Waals surface area contributed by atoms with Crippen LogP contribution in [0.1, 0.15) is 11.6 Å². The summed E-state index contributed by atoms with van der Waals surface area (Å²) in [5.74, 6) is -0.492. The molecule has 0 aliphatic rings. The van der Waals surface area contributed by atoms with E-state index in [1.54, 1.807) is 24.3 Å². The van der Waals surface area contributed by atoms with Crippen LogP contribution in [-0.2, 0) is 9.53 Å². The Labute approximate surface area is 81.4 Å². The number of halogens is 1. The highest BCUT2D eigenvalue weighted by Crippen LogP contribution is 2.21. The highest BCUT2D eigenvalue weighted by atomic mass is 35.5. The van der Waals surface area contributed by atoms with E-state index in [1.165, 1.54) is 7.11 Å². The average Bonchev–Trinajstić information content (AvgIpc) is 2.16. The Kier molecular flexibility index (Phi) is 3.28. The predicted molar refractivity (Wildman–Crippen MR) is 50.4 cm³/mol. The summed E-state index contributed by atoms with van der Waals surface area (Å²) in [4.78, 5) is 11.1. The summed E-state index contributed by atoms with van der Waals surface area (Å²) in [6, 6.07) is 6.11. The summed E-state index contributed by atoms with van der Waals surface area (Å²) in [7, 11) is 1.29. The molecule has 70 valence electrons. The lowest BCUT2D eigenvalue weighted by Gasteiger charge is -2.10. The van der Waals surface area contributed by atoms with E-state index < -0.39 is 12.0 Å². The molecular weight excluding hydrogens is 190 g/mol. The van der Waals surface area contributed by atoms with E-state index in [0.29, 0.717) is 10.6 Å². The van der Waals surface area contributed by atoms with Crippen molar-refractivity contribution in [2.24, 2.45) is 5.73 Å². The van der Waals surface area contributed by atoms with Gasteiger partial charge in [-0.05, 0) is 11.6 Å². The van der Waals surface area contributed by atoms with Crippen LogP contribution in [0.5, 0.6) is 0 Å². The van der Waals surface area contributed by atoms with Gasteiger partial charge in [-0.25, -0.2) is 0 Å². The monoisotopic (exact) mass is 199 g/mol. The number of nitrogens with two attached hydrogens (primary N) is 1. The van der Waals surface area contributed by atoms with Crippen molar-refractivity contribution in [2.75, 3.05) is 7.11 Å². The van der Waals surface area contributed by atoms with Gasteiger partial charge in [0.2, 0.25) is 0 Å². The van der Waals surface area contributed by atoms with Crippen LogP contribution in [-0.4, -0.2) is 13.1 Å². The molecular formula is C9H10ClNO2. The molecule has 0 aliphatic carbocycles. The van der Waals surface area contributed by atoms with E-state index in [2.05, 4.69) is 4.74 Å². The molecule has 0 radical (unpaired) electrons. The van der Waals surface area contributed by atoms with Crippen LogP contribution >= 0.6 is 11.6 Å². The maximum absolute atomic E-state index is 11.1. The van der Waals surface area contributed by atoms with Crippen LogP contribution in [0, 0.1) is 0 Å². The first-order valence-corrected chi connectivity index (χ1v) is 4.12. The first-order chi connectivity index (χ1) is 6.16. The number of carbonyl (C=O) groups excluding carboxylic acids is 1. The molecule has 0 saturated heterocycles. The minimum Gasteiger partial charge on any atom is -0.468 e. The number of esters is 1. The van der Waals surface area contributed by atoms with Crippen molar-refractivity contribution in [2.45, 2.75) is 6.04 Å². The highest BCUT2D eigenvalue weighted by molar-refractivity contribution is 6.31. The lowest BCUT2D eigenvalue weighted by molar-refractivity contribution is -0.142. The fourth-order valence-electron chi connectivity index (χ4n) is 0.981. The minimum atomic E-state index is -0.807. The van der Waals surface area contributed by atoms with Crippen molar-refractivity contribution in [1.82, 2.24) is 0 Å². The summed E-state index contributed by atoms with van der Waals surface area (Å²) in [5.41, 5.74) is 6.17. The first kappa shape index (κ1) is 10.0. The van der Waals surface area contributed by atoms with Crippen LogP contribution in [0.15, 0.2) is 24.3 Å². The molecule has 0 bridgehead atoms. The van der Waals surface area contributed by atoms with Crippen molar-refractivity contribution < 1.29 is 9.53 Å². The van der Waals surface area contributed by atoms with E-state index in [9.17, 15) is 4.79 Å². The summed E-state index contributed by atoms with van der Waals surface area (Å²) in [6.07, 6.45) is 0. The molecule has 0 aromatic heterocycles.